The number of hydrogen-bond donors (Lipinski definition) is 0. The van der Waals surface area contributed by atoms with E-state index in [1.807, 2.05) is 6.07 Å². The number of anilines is 2. The molecule has 2 aromatic rings. The number of hydrogen-bond acceptors (Lipinski definition) is 5. The summed E-state index contributed by atoms with van der Waals surface area (Å²) in [6, 6.07) is 6.89. The van der Waals surface area contributed by atoms with Crippen molar-refractivity contribution < 1.29 is 22.6 Å². The average molecular weight is 381 g/mol. The summed E-state index contributed by atoms with van der Waals surface area (Å²) in [5.74, 6) is 0.366. The first-order valence-corrected chi connectivity index (χ1v) is 8.87. The monoisotopic (exact) mass is 381 g/mol. The molecule has 27 heavy (non-hydrogen) atoms. The molecule has 3 rings (SSSR count). The van der Waals surface area contributed by atoms with Crippen molar-refractivity contribution in [2.75, 3.05) is 19.1 Å². The molecule has 0 unspecified atom stereocenters. The third-order valence-corrected chi connectivity index (χ3v) is 4.61. The molecule has 0 amide bonds. The number of alkyl halides is 3. The summed E-state index contributed by atoms with van der Waals surface area (Å²) in [6.45, 7) is 0. The van der Waals surface area contributed by atoms with Gasteiger partial charge in [-0.3, -0.25) is 0 Å². The van der Waals surface area contributed by atoms with Crippen LogP contribution in [-0.2, 0) is 6.18 Å². The van der Waals surface area contributed by atoms with Crippen LogP contribution in [0.1, 0.15) is 37.7 Å². The van der Waals surface area contributed by atoms with Crippen LogP contribution in [0.4, 0.5) is 24.7 Å². The summed E-state index contributed by atoms with van der Waals surface area (Å²) < 4.78 is 51.0. The largest absolute Gasteiger partial charge is 0.490 e. The molecule has 1 aromatic heterocycles. The van der Waals surface area contributed by atoms with Crippen molar-refractivity contribution in [2.24, 2.45) is 0 Å². The van der Waals surface area contributed by atoms with Gasteiger partial charge in [-0.25, -0.2) is 4.98 Å². The van der Waals surface area contributed by atoms with Crippen LogP contribution in [0.5, 0.6) is 11.8 Å². The van der Waals surface area contributed by atoms with Gasteiger partial charge in [-0.2, -0.15) is 18.2 Å². The highest BCUT2D eigenvalue weighted by atomic mass is 19.4. The van der Waals surface area contributed by atoms with E-state index >= 15 is 0 Å². The molecule has 1 fully saturated rings. The van der Waals surface area contributed by atoms with Gasteiger partial charge in [0, 0.05) is 25.0 Å². The predicted octanol–water partition coefficient (Wildman–Crippen LogP) is 4.98. The SMILES string of the molecule is COc1ncc(C(F)(F)F)c(N(C)c2cccc(OC3CCCCC3)c2)n1. The Balaban J connectivity index is 1.89. The van der Waals surface area contributed by atoms with Crippen LogP contribution in [0.3, 0.4) is 0 Å². The van der Waals surface area contributed by atoms with Crippen molar-refractivity contribution in [1.29, 1.82) is 0 Å². The van der Waals surface area contributed by atoms with Crippen LogP contribution in [-0.4, -0.2) is 30.2 Å². The summed E-state index contributed by atoms with van der Waals surface area (Å²) in [5, 5.41) is 0. The maximum absolute atomic E-state index is 13.4. The van der Waals surface area contributed by atoms with Crippen molar-refractivity contribution in [2.45, 2.75) is 44.4 Å². The smallest absolute Gasteiger partial charge is 0.421 e. The molecule has 0 spiro atoms. The predicted molar refractivity (Wildman–Crippen MR) is 95.6 cm³/mol. The molecule has 1 saturated carbocycles. The highest BCUT2D eigenvalue weighted by Gasteiger charge is 2.36. The standard InChI is InChI=1S/C19H22F3N3O2/c1-25(17-16(19(20,21)22)12-23-18(24-17)26-2)13-7-6-10-15(11-13)27-14-8-4-3-5-9-14/h6-7,10-12,14H,3-5,8-9H2,1-2H3. The lowest BCUT2D eigenvalue weighted by Crippen LogP contribution is -2.21. The number of ether oxygens (including phenoxy) is 2. The lowest BCUT2D eigenvalue weighted by molar-refractivity contribution is -0.137. The van der Waals surface area contributed by atoms with Gasteiger partial charge in [-0.1, -0.05) is 12.5 Å². The van der Waals surface area contributed by atoms with Gasteiger partial charge in [0.1, 0.15) is 11.3 Å². The van der Waals surface area contributed by atoms with Gasteiger partial charge in [0.05, 0.1) is 13.2 Å². The zero-order chi connectivity index (χ0) is 19.4. The summed E-state index contributed by atoms with van der Waals surface area (Å²) in [5.41, 5.74) is -0.390. The number of halogens is 3. The molecule has 5 nitrogen and oxygen atoms in total. The van der Waals surface area contributed by atoms with Crippen molar-refractivity contribution in [1.82, 2.24) is 9.97 Å². The quantitative estimate of drug-likeness (QED) is 0.731. The second-order valence-corrected chi connectivity index (χ2v) is 6.53. The third kappa shape index (κ3) is 4.61. The molecule has 0 radical (unpaired) electrons. The molecule has 1 aliphatic rings. The van der Waals surface area contributed by atoms with E-state index in [1.54, 1.807) is 18.2 Å². The maximum Gasteiger partial charge on any atom is 0.421 e. The van der Waals surface area contributed by atoms with Crippen LogP contribution in [0.25, 0.3) is 0 Å². The summed E-state index contributed by atoms with van der Waals surface area (Å²) in [4.78, 5) is 8.86. The van der Waals surface area contributed by atoms with Gasteiger partial charge in [-0.15, -0.1) is 0 Å². The lowest BCUT2D eigenvalue weighted by Gasteiger charge is -2.25. The summed E-state index contributed by atoms with van der Waals surface area (Å²) in [7, 11) is 2.84. The Labute approximate surface area is 156 Å². The van der Waals surface area contributed by atoms with Crippen molar-refractivity contribution >= 4 is 11.5 Å². The first-order valence-electron chi connectivity index (χ1n) is 8.87. The molecule has 1 aromatic carbocycles. The maximum atomic E-state index is 13.4. The molecule has 8 heteroatoms. The zero-order valence-corrected chi connectivity index (χ0v) is 15.3. The molecular formula is C19H22F3N3O2. The van der Waals surface area contributed by atoms with E-state index in [0.29, 0.717) is 11.4 Å². The minimum atomic E-state index is -4.58. The highest BCUT2D eigenvalue weighted by Crippen LogP contribution is 2.38. The van der Waals surface area contributed by atoms with Gasteiger partial charge in [0.15, 0.2) is 5.82 Å². The third-order valence-electron chi connectivity index (χ3n) is 4.61. The lowest BCUT2D eigenvalue weighted by atomic mass is 9.98. The van der Waals surface area contributed by atoms with Gasteiger partial charge in [0.25, 0.3) is 0 Å². The Bertz CT molecular complexity index is 777. The highest BCUT2D eigenvalue weighted by molar-refractivity contribution is 5.64. The fraction of sp³-hybridized carbons (Fsp3) is 0.474. The van der Waals surface area contributed by atoms with Crippen molar-refractivity contribution in [3.05, 3.63) is 36.0 Å². The minimum Gasteiger partial charge on any atom is -0.490 e. The number of rotatable bonds is 5. The Morgan fingerprint density at radius 1 is 1.15 bits per heavy atom. The topological polar surface area (TPSA) is 47.5 Å². The number of aromatic nitrogens is 2. The van der Waals surface area contributed by atoms with E-state index in [2.05, 4.69) is 9.97 Å². The Morgan fingerprint density at radius 3 is 2.56 bits per heavy atom. The first kappa shape index (κ1) is 19.3. The zero-order valence-electron chi connectivity index (χ0n) is 15.3. The molecule has 0 atom stereocenters. The van der Waals surface area contributed by atoms with E-state index in [-0.39, 0.29) is 17.9 Å². The van der Waals surface area contributed by atoms with Crippen molar-refractivity contribution in [3.8, 4) is 11.8 Å². The Hall–Kier alpha value is -2.51. The number of methoxy groups -OCH3 is 1. The average Bonchev–Trinajstić information content (AvgIpc) is 2.67. The molecule has 0 bridgehead atoms. The molecule has 0 N–H and O–H groups in total. The Kier molecular flexibility index (Phi) is 5.72. The molecule has 1 aliphatic carbocycles. The minimum absolute atomic E-state index is 0.125. The van der Waals surface area contributed by atoms with E-state index < -0.39 is 11.7 Å². The second kappa shape index (κ2) is 8.02. The molecular weight excluding hydrogens is 359 g/mol. The molecule has 1 heterocycles. The molecule has 146 valence electrons. The van der Waals surface area contributed by atoms with Crippen LogP contribution < -0.4 is 14.4 Å². The first-order chi connectivity index (χ1) is 12.9. The summed E-state index contributed by atoms with van der Waals surface area (Å²) >= 11 is 0. The Morgan fingerprint density at radius 2 is 1.89 bits per heavy atom. The van der Waals surface area contributed by atoms with Gasteiger partial charge in [-0.05, 0) is 37.8 Å². The number of benzene rings is 1. The van der Waals surface area contributed by atoms with Crippen LogP contribution >= 0.6 is 0 Å². The molecule has 0 saturated heterocycles. The van der Waals surface area contributed by atoms with E-state index in [0.717, 1.165) is 31.9 Å². The van der Waals surface area contributed by atoms with Crippen LogP contribution in [0.2, 0.25) is 0 Å². The van der Waals surface area contributed by atoms with Crippen LogP contribution in [0.15, 0.2) is 30.5 Å². The van der Waals surface area contributed by atoms with Gasteiger partial charge in [0.2, 0.25) is 0 Å². The van der Waals surface area contributed by atoms with E-state index in [9.17, 15) is 13.2 Å². The van der Waals surface area contributed by atoms with Crippen LogP contribution in [0, 0.1) is 0 Å². The molecule has 0 aliphatic heterocycles. The summed E-state index contributed by atoms with van der Waals surface area (Å²) in [6.07, 6.45) is 1.82. The fourth-order valence-electron chi connectivity index (χ4n) is 3.17. The van der Waals surface area contributed by atoms with E-state index in [4.69, 9.17) is 9.47 Å². The fourth-order valence-corrected chi connectivity index (χ4v) is 3.17. The van der Waals surface area contributed by atoms with Gasteiger partial charge < -0.3 is 14.4 Å². The normalized spacial score (nSPS) is 15.4. The van der Waals surface area contributed by atoms with Gasteiger partial charge >= 0.3 is 12.2 Å². The van der Waals surface area contributed by atoms with E-state index in [1.165, 1.54) is 25.5 Å². The number of nitrogens with zero attached hydrogens (tertiary/aromatic N) is 3. The second-order valence-electron chi connectivity index (χ2n) is 6.53. The van der Waals surface area contributed by atoms with Crippen molar-refractivity contribution in [3.63, 3.8) is 0 Å².